The highest BCUT2D eigenvalue weighted by Crippen LogP contribution is 2.37. The van der Waals surface area contributed by atoms with Crippen LogP contribution in [0.2, 0.25) is 0 Å². The van der Waals surface area contributed by atoms with Crippen LogP contribution in [0, 0.1) is 0 Å². The molecule has 0 aromatic heterocycles. The average Bonchev–Trinajstić information content (AvgIpc) is 2.62. The molecule has 1 fully saturated rings. The van der Waals surface area contributed by atoms with Crippen LogP contribution >= 0.6 is 0 Å². The van der Waals surface area contributed by atoms with Gasteiger partial charge in [0.15, 0.2) is 6.29 Å². The summed E-state index contributed by atoms with van der Waals surface area (Å²) in [5.41, 5.74) is 1.25. The van der Waals surface area contributed by atoms with E-state index in [2.05, 4.69) is 62.9 Å². The first-order chi connectivity index (χ1) is 11.6. The van der Waals surface area contributed by atoms with Gasteiger partial charge in [-0.05, 0) is 35.3 Å². The Kier molecular flexibility index (Phi) is 5.06. The van der Waals surface area contributed by atoms with Crippen molar-refractivity contribution >= 4 is 10.8 Å². The summed E-state index contributed by atoms with van der Waals surface area (Å²) in [4.78, 5) is 0. The van der Waals surface area contributed by atoms with Gasteiger partial charge < -0.3 is 9.47 Å². The van der Waals surface area contributed by atoms with Gasteiger partial charge in [0.1, 0.15) is 0 Å². The smallest absolute Gasteiger partial charge is 0.199 e. The molecule has 2 atom stereocenters. The highest BCUT2D eigenvalue weighted by molar-refractivity contribution is 5.83. The number of hydrogen-bond donors (Lipinski definition) is 0. The van der Waals surface area contributed by atoms with Crippen molar-refractivity contribution in [3.8, 4) is 0 Å². The standard InChI is InChI=1S/C22H26O2/c1-4-5-15-23-21-12-8-11-20(24-21)22(2,3)19-14-13-17-9-6-7-10-18(17)16-19/h4-7,9-10,13-16,20-21H,1,8,11-12H2,2-3H3/b15-5+/t20-,21-/m1/s1. The molecule has 2 nitrogen and oxygen atoms in total. The molecule has 2 aromatic rings. The van der Waals surface area contributed by atoms with Gasteiger partial charge in [-0.2, -0.15) is 0 Å². The first-order valence-corrected chi connectivity index (χ1v) is 8.69. The summed E-state index contributed by atoms with van der Waals surface area (Å²) in [5, 5.41) is 2.55. The maximum absolute atomic E-state index is 6.26. The van der Waals surface area contributed by atoms with Crippen LogP contribution in [0.15, 0.2) is 67.5 Å². The molecule has 2 aromatic carbocycles. The molecule has 126 valence electrons. The molecule has 2 heteroatoms. The van der Waals surface area contributed by atoms with Crippen LogP contribution in [0.5, 0.6) is 0 Å². The fourth-order valence-electron chi connectivity index (χ4n) is 3.38. The first-order valence-electron chi connectivity index (χ1n) is 8.69. The van der Waals surface area contributed by atoms with E-state index in [-0.39, 0.29) is 17.8 Å². The number of rotatable bonds is 5. The molecule has 0 aliphatic carbocycles. The van der Waals surface area contributed by atoms with Crippen LogP contribution in [-0.4, -0.2) is 12.4 Å². The summed E-state index contributed by atoms with van der Waals surface area (Å²) in [6.07, 6.45) is 8.27. The van der Waals surface area contributed by atoms with Gasteiger partial charge in [-0.15, -0.1) is 0 Å². The third kappa shape index (κ3) is 3.54. The lowest BCUT2D eigenvalue weighted by Crippen LogP contribution is -2.41. The van der Waals surface area contributed by atoms with Gasteiger partial charge >= 0.3 is 0 Å². The van der Waals surface area contributed by atoms with Crippen molar-refractivity contribution < 1.29 is 9.47 Å². The molecule has 3 rings (SSSR count). The third-order valence-electron chi connectivity index (χ3n) is 4.97. The van der Waals surface area contributed by atoms with Crippen molar-refractivity contribution in [1.29, 1.82) is 0 Å². The molecular weight excluding hydrogens is 296 g/mol. The molecule has 0 unspecified atom stereocenters. The van der Waals surface area contributed by atoms with Crippen LogP contribution in [0.1, 0.15) is 38.7 Å². The summed E-state index contributed by atoms with van der Waals surface area (Å²) >= 11 is 0. The van der Waals surface area contributed by atoms with Crippen LogP contribution in [0.4, 0.5) is 0 Å². The van der Waals surface area contributed by atoms with E-state index in [1.807, 2.05) is 0 Å². The Balaban J connectivity index is 1.79. The second-order valence-corrected chi connectivity index (χ2v) is 6.97. The minimum absolute atomic E-state index is 0.0613. The first kappa shape index (κ1) is 16.8. The van der Waals surface area contributed by atoms with Crippen molar-refractivity contribution in [3.05, 3.63) is 73.0 Å². The zero-order valence-electron chi connectivity index (χ0n) is 14.6. The molecule has 1 saturated heterocycles. The van der Waals surface area contributed by atoms with Crippen molar-refractivity contribution in [1.82, 2.24) is 0 Å². The molecule has 0 amide bonds. The predicted molar refractivity (Wildman–Crippen MR) is 99.9 cm³/mol. The van der Waals surface area contributed by atoms with E-state index in [0.717, 1.165) is 19.3 Å². The van der Waals surface area contributed by atoms with Crippen molar-refractivity contribution in [2.24, 2.45) is 0 Å². The van der Waals surface area contributed by atoms with Gasteiger partial charge in [0.25, 0.3) is 0 Å². The Morgan fingerprint density at radius 3 is 2.71 bits per heavy atom. The number of allylic oxidation sites excluding steroid dienone is 2. The molecule has 24 heavy (non-hydrogen) atoms. The summed E-state index contributed by atoms with van der Waals surface area (Å²) in [5.74, 6) is 0. The topological polar surface area (TPSA) is 18.5 Å². The van der Waals surface area contributed by atoms with Gasteiger partial charge in [0.2, 0.25) is 0 Å². The van der Waals surface area contributed by atoms with E-state index in [0.29, 0.717) is 0 Å². The Labute approximate surface area is 144 Å². The lowest BCUT2D eigenvalue weighted by atomic mass is 9.76. The zero-order valence-corrected chi connectivity index (χ0v) is 14.6. The van der Waals surface area contributed by atoms with Crippen LogP contribution in [0.25, 0.3) is 10.8 Å². The van der Waals surface area contributed by atoms with Crippen LogP contribution in [0.3, 0.4) is 0 Å². The second kappa shape index (κ2) is 7.23. The van der Waals surface area contributed by atoms with E-state index >= 15 is 0 Å². The van der Waals surface area contributed by atoms with E-state index in [1.54, 1.807) is 18.4 Å². The number of ether oxygens (including phenoxy) is 2. The highest BCUT2D eigenvalue weighted by atomic mass is 16.7. The van der Waals surface area contributed by atoms with Crippen molar-refractivity contribution in [2.45, 2.75) is 50.9 Å². The molecule has 0 N–H and O–H groups in total. The van der Waals surface area contributed by atoms with E-state index in [1.165, 1.54) is 16.3 Å². The molecule has 0 saturated carbocycles. The highest BCUT2D eigenvalue weighted by Gasteiger charge is 2.36. The Bertz CT molecular complexity index is 730. The number of benzene rings is 2. The van der Waals surface area contributed by atoms with Crippen LogP contribution in [-0.2, 0) is 14.9 Å². The van der Waals surface area contributed by atoms with Gasteiger partial charge in [-0.25, -0.2) is 0 Å². The largest absolute Gasteiger partial charge is 0.473 e. The summed E-state index contributed by atoms with van der Waals surface area (Å²) in [6, 6.07) is 15.2. The molecule has 0 bridgehead atoms. The predicted octanol–water partition coefficient (Wildman–Crippen LogP) is 5.73. The molecular formula is C22H26O2. The fourth-order valence-corrected chi connectivity index (χ4v) is 3.38. The fraction of sp³-hybridized carbons (Fsp3) is 0.364. The molecule has 1 aliphatic rings. The normalized spacial score (nSPS) is 21.9. The van der Waals surface area contributed by atoms with Gasteiger partial charge in [-0.1, -0.05) is 69.0 Å². The second-order valence-electron chi connectivity index (χ2n) is 6.97. The minimum atomic E-state index is -0.167. The monoisotopic (exact) mass is 322 g/mol. The third-order valence-corrected chi connectivity index (χ3v) is 4.97. The Morgan fingerprint density at radius 1 is 1.12 bits per heavy atom. The van der Waals surface area contributed by atoms with Gasteiger partial charge in [0.05, 0.1) is 12.4 Å². The molecule has 1 heterocycles. The van der Waals surface area contributed by atoms with Crippen molar-refractivity contribution in [2.75, 3.05) is 0 Å². The van der Waals surface area contributed by atoms with E-state index < -0.39 is 0 Å². The molecule has 0 spiro atoms. The van der Waals surface area contributed by atoms with Gasteiger partial charge in [0, 0.05) is 11.8 Å². The molecule has 0 radical (unpaired) electrons. The summed E-state index contributed by atoms with van der Waals surface area (Å²) < 4.78 is 11.9. The van der Waals surface area contributed by atoms with E-state index in [4.69, 9.17) is 9.47 Å². The SMILES string of the molecule is C=C/C=C/O[C@H]1CCC[C@H](C(C)(C)c2ccc3ccccc3c2)O1. The Morgan fingerprint density at radius 2 is 1.92 bits per heavy atom. The van der Waals surface area contributed by atoms with Gasteiger partial charge in [-0.3, -0.25) is 0 Å². The van der Waals surface area contributed by atoms with Crippen LogP contribution < -0.4 is 0 Å². The Hall–Kier alpha value is -2.06. The average molecular weight is 322 g/mol. The minimum Gasteiger partial charge on any atom is -0.473 e. The molecule has 1 aliphatic heterocycles. The maximum atomic E-state index is 6.26. The summed E-state index contributed by atoms with van der Waals surface area (Å²) in [6.45, 7) is 8.19. The number of fused-ring (bicyclic) bond motifs is 1. The quantitative estimate of drug-likeness (QED) is 0.517. The lowest BCUT2D eigenvalue weighted by molar-refractivity contribution is -0.183. The van der Waals surface area contributed by atoms with Crippen molar-refractivity contribution in [3.63, 3.8) is 0 Å². The maximum Gasteiger partial charge on any atom is 0.199 e. The number of hydrogen-bond acceptors (Lipinski definition) is 2. The lowest BCUT2D eigenvalue weighted by Gasteiger charge is -2.40. The zero-order chi connectivity index (χ0) is 17.0. The summed E-state index contributed by atoms with van der Waals surface area (Å²) in [7, 11) is 0. The van der Waals surface area contributed by atoms with E-state index in [9.17, 15) is 0 Å².